The largest absolute Gasteiger partial charge is 0.388 e. The molecule has 5 heteroatoms. The first kappa shape index (κ1) is 22.0. The number of hydrogen-bond donors (Lipinski definition) is 2. The SMILES string of the molecule is CC(Cc1cccc(C2CCN(CCC(O)c3ccc(Br)cc3)CC2)c1)C(N)=O. The summed E-state index contributed by atoms with van der Waals surface area (Å²) in [5.74, 6) is 0.185. The van der Waals surface area contributed by atoms with Crippen LogP contribution in [0.3, 0.4) is 0 Å². The second-order valence-electron chi connectivity index (χ2n) is 8.22. The lowest BCUT2D eigenvalue weighted by molar-refractivity contribution is -0.121. The van der Waals surface area contributed by atoms with E-state index in [2.05, 4.69) is 45.1 Å². The molecule has 0 aromatic heterocycles. The minimum Gasteiger partial charge on any atom is -0.388 e. The van der Waals surface area contributed by atoms with Crippen LogP contribution in [-0.2, 0) is 11.2 Å². The van der Waals surface area contributed by atoms with E-state index in [-0.39, 0.29) is 11.8 Å². The van der Waals surface area contributed by atoms with Crippen LogP contribution < -0.4 is 5.73 Å². The summed E-state index contributed by atoms with van der Waals surface area (Å²) in [5.41, 5.74) is 8.94. The summed E-state index contributed by atoms with van der Waals surface area (Å²) in [6.45, 7) is 4.91. The number of carbonyl (C=O) groups is 1. The van der Waals surface area contributed by atoms with E-state index in [1.807, 2.05) is 31.2 Å². The maximum Gasteiger partial charge on any atom is 0.220 e. The highest BCUT2D eigenvalue weighted by Crippen LogP contribution is 2.29. The standard InChI is InChI=1S/C24H31BrN2O2/c1-17(24(26)29)15-18-3-2-4-21(16-18)19-9-12-27(13-10-19)14-11-23(28)20-5-7-22(25)8-6-20/h2-8,16-17,19,23,28H,9-15H2,1H3,(H2,26,29). The number of benzene rings is 2. The van der Waals surface area contributed by atoms with Gasteiger partial charge in [-0.15, -0.1) is 0 Å². The molecule has 3 N–H and O–H groups in total. The van der Waals surface area contributed by atoms with Crippen molar-refractivity contribution in [1.29, 1.82) is 0 Å². The van der Waals surface area contributed by atoms with Gasteiger partial charge in [-0.05, 0) is 73.5 Å². The molecule has 29 heavy (non-hydrogen) atoms. The molecule has 4 nitrogen and oxygen atoms in total. The highest BCUT2D eigenvalue weighted by Gasteiger charge is 2.22. The average molecular weight is 459 g/mol. The number of halogens is 1. The Labute approximate surface area is 182 Å². The molecule has 2 aromatic carbocycles. The third-order valence-corrected chi connectivity index (χ3v) is 6.54. The molecule has 0 radical (unpaired) electrons. The predicted molar refractivity (Wildman–Crippen MR) is 121 cm³/mol. The fourth-order valence-corrected chi connectivity index (χ4v) is 4.34. The molecule has 156 valence electrons. The number of aliphatic hydroxyl groups is 1. The number of nitrogens with zero attached hydrogens (tertiary/aromatic N) is 1. The van der Waals surface area contributed by atoms with Crippen molar-refractivity contribution in [1.82, 2.24) is 4.90 Å². The molecule has 1 heterocycles. The van der Waals surface area contributed by atoms with Crippen molar-refractivity contribution in [2.24, 2.45) is 11.7 Å². The van der Waals surface area contributed by atoms with Crippen molar-refractivity contribution in [3.63, 3.8) is 0 Å². The van der Waals surface area contributed by atoms with Crippen LogP contribution in [0.25, 0.3) is 0 Å². The Morgan fingerprint density at radius 2 is 1.90 bits per heavy atom. The van der Waals surface area contributed by atoms with E-state index in [4.69, 9.17) is 5.73 Å². The summed E-state index contributed by atoms with van der Waals surface area (Å²) in [4.78, 5) is 13.8. The van der Waals surface area contributed by atoms with Crippen LogP contribution in [0.1, 0.15) is 54.9 Å². The molecule has 3 rings (SSSR count). The molecule has 0 spiro atoms. The summed E-state index contributed by atoms with van der Waals surface area (Å²) < 4.78 is 1.03. The number of carbonyl (C=O) groups excluding carboxylic acids is 1. The lowest BCUT2D eigenvalue weighted by atomic mass is 9.87. The Kier molecular flexibility index (Phi) is 7.87. The maximum absolute atomic E-state index is 11.3. The summed E-state index contributed by atoms with van der Waals surface area (Å²) in [5, 5.41) is 10.4. The van der Waals surface area contributed by atoms with Crippen molar-refractivity contribution in [3.8, 4) is 0 Å². The second kappa shape index (κ2) is 10.4. The third-order valence-electron chi connectivity index (χ3n) is 6.01. The second-order valence-corrected chi connectivity index (χ2v) is 9.14. The van der Waals surface area contributed by atoms with Crippen LogP contribution in [-0.4, -0.2) is 35.5 Å². The minimum atomic E-state index is -0.412. The molecule has 1 aliphatic rings. The van der Waals surface area contributed by atoms with Gasteiger partial charge in [0.2, 0.25) is 5.91 Å². The maximum atomic E-state index is 11.3. The molecule has 0 bridgehead atoms. The molecule has 2 atom stereocenters. The molecule has 1 amide bonds. The van der Waals surface area contributed by atoms with Crippen LogP contribution >= 0.6 is 15.9 Å². The summed E-state index contributed by atoms with van der Waals surface area (Å²) in [6, 6.07) is 16.5. The third kappa shape index (κ3) is 6.39. The fraction of sp³-hybridized carbons (Fsp3) is 0.458. The topological polar surface area (TPSA) is 66.6 Å². The van der Waals surface area contributed by atoms with Gasteiger partial charge >= 0.3 is 0 Å². The lowest BCUT2D eigenvalue weighted by Gasteiger charge is -2.33. The summed E-state index contributed by atoms with van der Waals surface area (Å²) in [6.07, 6.45) is 3.31. The number of primary amides is 1. The minimum absolute atomic E-state index is 0.135. The van der Waals surface area contributed by atoms with Gasteiger partial charge in [-0.1, -0.05) is 59.3 Å². The first-order valence-electron chi connectivity index (χ1n) is 10.5. The van der Waals surface area contributed by atoms with Crippen LogP contribution in [0, 0.1) is 5.92 Å². The van der Waals surface area contributed by atoms with Gasteiger partial charge in [0.1, 0.15) is 0 Å². The van der Waals surface area contributed by atoms with Gasteiger partial charge in [0.25, 0.3) is 0 Å². The summed E-state index contributed by atoms with van der Waals surface area (Å²) in [7, 11) is 0. The Hall–Kier alpha value is -1.69. The molecule has 2 unspecified atom stereocenters. The van der Waals surface area contributed by atoms with Crippen LogP contribution in [0.4, 0.5) is 0 Å². The number of nitrogens with two attached hydrogens (primary N) is 1. The number of piperidine rings is 1. The van der Waals surface area contributed by atoms with Gasteiger partial charge in [-0.2, -0.15) is 0 Å². The van der Waals surface area contributed by atoms with Gasteiger partial charge in [-0.3, -0.25) is 4.79 Å². The van der Waals surface area contributed by atoms with Crippen molar-refractivity contribution >= 4 is 21.8 Å². The van der Waals surface area contributed by atoms with E-state index in [0.29, 0.717) is 12.3 Å². The molecule has 0 aliphatic carbocycles. The van der Waals surface area contributed by atoms with Gasteiger partial charge in [-0.25, -0.2) is 0 Å². The monoisotopic (exact) mass is 458 g/mol. The average Bonchev–Trinajstić information content (AvgIpc) is 2.73. The Morgan fingerprint density at radius 1 is 1.21 bits per heavy atom. The quantitative estimate of drug-likeness (QED) is 0.615. The van der Waals surface area contributed by atoms with E-state index in [9.17, 15) is 9.90 Å². The van der Waals surface area contributed by atoms with Gasteiger partial charge in [0.05, 0.1) is 6.10 Å². The van der Waals surface area contributed by atoms with E-state index in [1.165, 1.54) is 11.1 Å². The van der Waals surface area contributed by atoms with Crippen LogP contribution in [0.5, 0.6) is 0 Å². The molecule has 2 aromatic rings. The molecule has 1 fully saturated rings. The first-order valence-corrected chi connectivity index (χ1v) is 11.3. The van der Waals surface area contributed by atoms with Crippen LogP contribution in [0.15, 0.2) is 53.0 Å². The molecular formula is C24H31BrN2O2. The number of likely N-dealkylation sites (tertiary alicyclic amines) is 1. The molecule has 1 aliphatic heterocycles. The van der Waals surface area contributed by atoms with Gasteiger partial charge < -0.3 is 15.7 Å². The zero-order chi connectivity index (χ0) is 20.8. The fourth-order valence-electron chi connectivity index (χ4n) is 4.07. The number of aliphatic hydroxyl groups excluding tert-OH is 1. The molecule has 0 saturated carbocycles. The van der Waals surface area contributed by atoms with E-state index < -0.39 is 6.10 Å². The number of rotatable bonds is 8. The Bertz CT molecular complexity index is 801. The number of hydrogen-bond acceptors (Lipinski definition) is 3. The highest BCUT2D eigenvalue weighted by molar-refractivity contribution is 9.10. The van der Waals surface area contributed by atoms with Crippen molar-refractivity contribution in [2.75, 3.05) is 19.6 Å². The predicted octanol–water partition coefficient (Wildman–Crippen LogP) is 4.42. The van der Waals surface area contributed by atoms with Crippen LogP contribution in [0.2, 0.25) is 0 Å². The normalized spacial score (nSPS) is 17.8. The highest BCUT2D eigenvalue weighted by atomic mass is 79.9. The Morgan fingerprint density at radius 3 is 2.55 bits per heavy atom. The van der Waals surface area contributed by atoms with Crippen molar-refractivity contribution in [3.05, 3.63) is 69.7 Å². The molecule has 1 saturated heterocycles. The van der Waals surface area contributed by atoms with E-state index in [0.717, 1.165) is 48.9 Å². The molecular weight excluding hydrogens is 428 g/mol. The van der Waals surface area contributed by atoms with Gasteiger partial charge in [0, 0.05) is 16.9 Å². The smallest absolute Gasteiger partial charge is 0.220 e. The first-order chi connectivity index (χ1) is 13.9. The Balaban J connectivity index is 1.48. The van der Waals surface area contributed by atoms with Gasteiger partial charge in [0.15, 0.2) is 0 Å². The van der Waals surface area contributed by atoms with E-state index in [1.54, 1.807) is 0 Å². The van der Waals surface area contributed by atoms with Crippen molar-refractivity contribution in [2.45, 2.75) is 44.6 Å². The number of amides is 1. The zero-order valence-corrected chi connectivity index (χ0v) is 18.6. The zero-order valence-electron chi connectivity index (χ0n) is 17.1. The van der Waals surface area contributed by atoms with Crippen molar-refractivity contribution < 1.29 is 9.90 Å². The van der Waals surface area contributed by atoms with E-state index >= 15 is 0 Å². The lowest BCUT2D eigenvalue weighted by Crippen LogP contribution is -2.34. The summed E-state index contributed by atoms with van der Waals surface area (Å²) >= 11 is 3.43.